The van der Waals surface area contributed by atoms with Crippen molar-refractivity contribution in [3.8, 4) is 28.1 Å². The summed E-state index contributed by atoms with van der Waals surface area (Å²) < 4.78 is 33.7. The maximum atomic E-state index is 15.0. The number of aromatic amines is 1. The number of anilines is 1. The molecule has 0 radical (unpaired) electrons. The lowest BCUT2D eigenvalue weighted by Crippen LogP contribution is -2.53. The molecule has 0 saturated carbocycles. The molecule has 1 saturated heterocycles. The van der Waals surface area contributed by atoms with Gasteiger partial charge in [0, 0.05) is 25.7 Å². The average molecular weight is 429 g/mol. The van der Waals surface area contributed by atoms with Gasteiger partial charge in [0.05, 0.1) is 23.5 Å². The molecular weight excluding hydrogens is 408 g/mol. The van der Waals surface area contributed by atoms with Crippen LogP contribution in [0.25, 0.3) is 22.4 Å². The minimum Gasteiger partial charge on any atom is -0.428 e. The normalized spacial score (nSPS) is 16.5. The smallest absolute Gasteiger partial charge is 0.298 e. The molecule has 162 valence electrons. The zero-order valence-electron chi connectivity index (χ0n) is 17.0. The molecule has 11 heteroatoms. The van der Waals surface area contributed by atoms with E-state index in [1.807, 2.05) is 4.90 Å². The number of hydrogen-bond donors (Lipinski definition) is 2. The summed E-state index contributed by atoms with van der Waals surface area (Å²) >= 11 is 0. The Bertz CT molecular complexity index is 1070. The van der Waals surface area contributed by atoms with Gasteiger partial charge in [0.1, 0.15) is 17.3 Å². The molecule has 1 aliphatic heterocycles. The molecule has 1 fully saturated rings. The number of carbonyl (C=O) groups excluding carboxylic acids is 1. The number of nitrogens with one attached hydrogen (secondary N) is 2. The van der Waals surface area contributed by atoms with Gasteiger partial charge >= 0.3 is 0 Å². The van der Waals surface area contributed by atoms with Crippen molar-refractivity contribution < 1.29 is 18.3 Å². The molecule has 3 heterocycles. The number of piperazine rings is 1. The lowest BCUT2D eigenvalue weighted by Gasteiger charge is -2.35. The van der Waals surface area contributed by atoms with Crippen molar-refractivity contribution in [2.75, 3.05) is 24.5 Å². The Morgan fingerprint density at radius 1 is 1.26 bits per heavy atom. The SMILES string of the molecule is CC(C)[C@H]1CN(c2ncc(-c3c(F)cc(-c4cn[nH]c4F)cc3OC=O)nn2)CCN1. The van der Waals surface area contributed by atoms with Crippen molar-refractivity contribution in [1.29, 1.82) is 0 Å². The van der Waals surface area contributed by atoms with Gasteiger partial charge in [0.15, 0.2) is 0 Å². The zero-order valence-corrected chi connectivity index (χ0v) is 17.0. The molecule has 9 nitrogen and oxygen atoms in total. The second kappa shape index (κ2) is 8.72. The molecule has 31 heavy (non-hydrogen) atoms. The van der Waals surface area contributed by atoms with E-state index < -0.39 is 11.8 Å². The van der Waals surface area contributed by atoms with Crippen LogP contribution in [-0.2, 0) is 4.79 Å². The summed E-state index contributed by atoms with van der Waals surface area (Å²) in [5.41, 5.74) is 0.195. The van der Waals surface area contributed by atoms with Crippen LogP contribution in [0.4, 0.5) is 14.7 Å². The fourth-order valence-corrected chi connectivity index (χ4v) is 3.54. The van der Waals surface area contributed by atoms with Gasteiger partial charge in [-0.2, -0.15) is 9.49 Å². The van der Waals surface area contributed by atoms with E-state index in [1.165, 1.54) is 18.5 Å². The lowest BCUT2D eigenvalue weighted by molar-refractivity contribution is -0.120. The molecule has 4 rings (SSSR count). The second-order valence-electron chi connectivity index (χ2n) is 7.54. The van der Waals surface area contributed by atoms with E-state index in [0.717, 1.165) is 25.7 Å². The summed E-state index contributed by atoms with van der Waals surface area (Å²) in [6, 6.07) is 2.75. The fourth-order valence-electron chi connectivity index (χ4n) is 3.54. The monoisotopic (exact) mass is 429 g/mol. The number of nitrogens with zero attached hydrogens (tertiary/aromatic N) is 5. The number of halogens is 2. The molecule has 0 spiro atoms. The van der Waals surface area contributed by atoms with Gasteiger partial charge < -0.3 is 15.0 Å². The number of ether oxygens (including phenoxy) is 1. The fraction of sp³-hybridized carbons (Fsp3) is 0.350. The first kappa shape index (κ1) is 20.8. The van der Waals surface area contributed by atoms with Gasteiger partial charge in [0.25, 0.3) is 6.47 Å². The average Bonchev–Trinajstić information content (AvgIpc) is 3.20. The third kappa shape index (κ3) is 4.22. The Labute approximate surface area is 176 Å². The van der Waals surface area contributed by atoms with Gasteiger partial charge in [-0.1, -0.05) is 13.8 Å². The van der Waals surface area contributed by atoms with E-state index in [0.29, 0.717) is 17.9 Å². The van der Waals surface area contributed by atoms with Crippen LogP contribution in [0.15, 0.2) is 24.5 Å². The summed E-state index contributed by atoms with van der Waals surface area (Å²) in [5.74, 6) is -0.736. The van der Waals surface area contributed by atoms with E-state index in [4.69, 9.17) is 4.74 Å². The molecule has 0 aliphatic carbocycles. The van der Waals surface area contributed by atoms with Gasteiger partial charge in [-0.3, -0.25) is 9.89 Å². The van der Waals surface area contributed by atoms with Crippen LogP contribution >= 0.6 is 0 Å². The predicted molar refractivity (Wildman–Crippen MR) is 108 cm³/mol. The number of hydrogen-bond acceptors (Lipinski definition) is 8. The van der Waals surface area contributed by atoms with Crippen molar-refractivity contribution in [2.45, 2.75) is 19.9 Å². The molecule has 0 unspecified atom stereocenters. The highest BCUT2D eigenvalue weighted by Gasteiger charge is 2.24. The molecular formula is C20H21F2N7O2. The van der Waals surface area contributed by atoms with Crippen molar-refractivity contribution in [3.05, 3.63) is 36.3 Å². The van der Waals surface area contributed by atoms with Crippen LogP contribution in [0.5, 0.6) is 5.75 Å². The number of aromatic nitrogens is 5. The van der Waals surface area contributed by atoms with Crippen LogP contribution in [0.2, 0.25) is 0 Å². The highest BCUT2D eigenvalue weighted by Crippen LogP contribution is 2.36. The highest BCUT2D eigenvalue weighted by atomic mass is 19.1. The molecule has 3 aromatic rings. The number of rotatable bonds is 6. The van der Waals surface area contributed by atoms with E-state index in [2.05, 4.69) is 44.5 Å². The second-order valence-corrected chi connectivity index (χ2v) is 7.54. The third-order valence-electron chi connectivity index (χ3n) is 5.23. The van der Waals surface area contributed by atoms with Crippen LogP contribution in [-0.4, -0.2) is 57.5 Å². The van der Waals surface area contributed by atoms with Gasteiger partial charge in [-0.05, 0) is 23.6 Å². The molecule has 1 aliphatic rings. The van der Waals surface area contributed by atoms with Gasteiger partial charge in [0.2, 0.25) is 11.9 Å². The molecule has 2 aromatic heterocycles. The topological polar surface area (TPSA) is 109 Å². The van der Waals surface area contributed by atoms with Crippen LogP contribution in [0.1, 0.15) is 13.8 Å². The van der Waals surface area contributed by atoms with Crippen LogP contribution in [0, 0.1) is 17.7 Å². The summed E-state index contributed by atoms with van der Waals surface area (Å²) in [6.07, 6.45) is 2.59. The molecule has 0 bridgehead atoms. The molecule has 2 N–H and O–H groups in total. The van der Waals surface area contributed by atoms with Gasteiger partial charge in [-0.15, -0.1) is 10.2 Å². The van der Waals surface area contributed by atoms with Crippen molar-refractivity contribution in [2.24, 2.45) is 5.92 Å². The van der Waals surface area contributed by atoms with Crippen LogP contribution < -0.4 is 15.0 Å². The number of carbonyl (C=O) groups is 1. The highest BCUT2D eigenvalue weighted by molar-refractivity contribution is 5.76. The largest absolute Gasteiger partial charge is 0.428 e. The summed E-state index contributed by atoms with van der Waals surface area (Å²) in [6.45, 7) is 6.70. The van der Waals surface area contributed by atoms with Crippen LogP contribution in [0.3, 0.4) is 0 Å². The maximum absolute atomic E-state index is 15.0. The minimum absolute atomic E-state index is 0.0409. The molecule has 0 amide bonds. The number of H-pyrrole nitrogens is 1. The minimum atomic E-state index is -0.763. The Balaban J connectivity index is 1.66. The molecule has 1 aromatic carbocycles. The van der Waals surface area contributed by atoms with Crippen molar-refractivity contribution >= 4 is 12.4 Å². The third-order valence-corrected chi connectivity index (χ3v) is 5.23. The first-order valence-corrected chi connectivity index (χ1v) is 9.79. The Hall–Kier alpha value is -3.47. The Kier molecular flexibility index (Phi) is 5.85. The Morgan fingerprint density at radius 2 is 2.10 bits per heavy atom. The van der Waals surface area contributed by atoms with Crippen molar-refractivity contribution in [1.82, 2.24) is 30.7 Å². The summed E-state index contributed by atoms with van der Waals surface area (Å²) in [4.78, 5) is 17.3. The van der Waals surface area contributed by atoms with E-state index >= 15 is 0 Å². The van der Waals surface area contributed by atoms with Crippen molar-refractivity contribution in [3.63, 3.8) is 0 Å². The zero-order chi connectivity index (χ0) is 22.0. The first-order valence-electron chi connectivity index (χ1n) is 9.79. The first-order chi connectivity index (χ1) is 15.0. The molecule has 1 atom stereocenters. The number of benzene rings is 1. The Morgan fingerprint density at radius 3 is 2.74 bits per heavy atom. The standard InChI is InChI=1S/C20H21F2N7O2/c1-11(2)16-9-29(4-3-23-16)20-24-8-15(26-28-20)18-14(21)5-12(6-17(18)31-10-30)13-7-25-27-19(13)22/h5-8,10-11,16,23H,3-4,9H2,1-2H3,(H,25,27)/t16-/m1/s1. The van der Waals surface area contributed by atoms with E-state index in [9.17, 15) is 13.6 Å². The van der Waals surface area contributed by atoms with E-state index in [1.54, 1.807) is 0 Å². The predicted octanol–water partition coefficient (Wildman–Crippen LogP) is 2.18. The van der Waals surface area contributed by atoms with E-state index in [-0.39, 0.29) is 34.6 Å². The summed E-state index contributed by atoms with van der Waals surface area (Å²) in [5, 5.41) is 17.4. The van der Waals surface area contributed by atoms with Gasteiger partial charge in [-0.25, -0.2) is 9.37 Å². The summed E-state index contributed by atoms with van der Waals surface area (Å²) in [7, 11) is 0. The quantitative estimate of drug-likeness (QED) is 0.574. The lowest BCUT2D eigenvalue weighted by atomic mass is 10.0. The maximum Gasteiger partial charge on any atom is 0.298 e.